The molecular weight excluding hydrogens is 143 g/mol. The molecule has 0 saturated heterocycles. The van der Waals surface area contributed by atoms with E-state index in [0.717, 1.165) is 12.0 Å². The van der Waals surface area contributed by atoms with Crippen molar-refractivity contribution in [1.29, 1.82) is 0 Å². The second-order valence-electron chi connectivity index (χ2n) is 2.43. The quantitative estimate of drug-likeness (QED) is 0.515. The zero-order valence-electron chi connectivity index (χ0n) is 5.88. The first-order chi connectivity index (χ1) is 5.36. The van der Waals surface area contributed by atoms with Crippen LogP contribution in [0.25, 0.3) is 0 Å². The van der Waals surface area contributed by atoms with Gasteiger partial charge in [-0.2, -0.15) is 4.39 Å². The molecule has 0 aromatic rings. The Kier molecular flexibility index (Phi) is 1.39. The minimum Gasteiger partial charge on any atom is -0.431 e. The molecule has 1 heterocycles. The zero-order chi connectivity index (χ0) is 7.68. The number of halogens is 1. The Morgan fingerprint density at radius 1 is 1.27 bits per heavy atom. The van der Waals surface area contributed by atoms with Crippen molar-refractivity contribution in [3.8, 4) is 0 Å². The Labute approximate surface area is 64.2 Å². The third-order valence-electron chi connectivity index (χ3n) is 1.66. The molecule has 0 unspecified atom stereocenters. The second kappa shape index (κ2) is 2.38. The maximum atomic E-state index is 12.5. The van der Waals surface area contributed by atoms with Crippen molar-refractivity contribution < 1.29 is 9.13 Å². The van der Waals surface area contributed by atoms with Crippen LogP contribution in [0.4, 0.5) is 4.39 Å². The Balaban J connectivity index is 2.36. The van der Waals surface area contributed by atoms with E-state index in [1.807, 2.05) is 12.2 Å². The average molecular weight is 150 g/mol. The lowest BCUT2D eigenvalue weighted by molar-refractivity contribution is 0.216. The van der Waals surface area contributed by atoms with Gasteiger partial charge in [-0.3, -0.25) is 0 Å². The standard InChI is InChI=1S/C9H7FO/c10-9-6-5-7-3-1-2-4-8(7)11-9/h1-2,4-6H,3H2. The predicted molar refractivity (Wildman–Crippen MR) is 40.2 cm³/mol. The molecule has 0 spiro atoms. The fraction of sp³-hybridized carbons (Fsp3) is 0.111. The SMILES string of the molecule is FC1=CC=C2CC=CC=C2O1. The topological polar surface area (TPSA) is 9.23 Å². The summed E-state index contributed by atoms with van der Waals surface area (Å²) in [5.74, 6) is 0.632. The highest BCUT2D eigenvalue weighted by atomic mass is 19.1. The van der Waals surface area contributed by atoms with Gasteiger partial charge in [0.1, 0.15) is 5.76 Å². The lowest BCUT2D eigenvalue weighted by Crippen LogP contribution is -2.00. The monoisotopic (exact) mass is 150 g/mol. The summed E-state index contributed by atoms with van der Waals surface area (Å²) in [5, 5.41) is 0. The Bertz CT molecular complexity index is 295. The molecule has 0 fully saturated rings. The van der Waals surface area contributed by atoms with Crippen molar-refractivity contribution in [2.75, 3.05) is 0 Å². The minimum absolute atomic E-state index is 0.532. The molecule has 0 bridgehead atoms. The van der Waals surface area contributed by atoms with Gasteiger partial charge >= 0.3 is 0 Å². The summed E-state index contributed by atoms with van der Waals surface area (Å²) in [7, 11) is 0. The molecule has 0 amide bonds. The van der Waals surface area contributed by atoms with Crippen LogP contribution in [-0.2, 0) is 4.74 Å². The molecule has 0 radical (unpaired) electrons. The summed E-state index contributed by atoms with van der Waals surface area (Å²) in [5.41, 5.74) is 1.04. The van der Waals surface area contributed by atoms with Crippen LogP contribution in [0, 0.1) is 0 Å². The van der Waals surface area contributed by atoms with Crippen LogP contribution < -0.4 is 0 Å². The lowest BCUT2D eigenvalue weighted by atomic mass is 10.0. The van der Waals surface area contributed by atoms with Crippen LogP contribution in [0.2, 0.25) is 0 Å². The van der Waals surface area contributed by atoms with Crippen LogP contribution in [0.1, 0.15) is 6.42 Å². The van der Waals surface area contributed by atoms with E-state index in [2.05, 4.69) is 0 Å². The number of hydrogen-bond acceptors (Lipinski definition) is 1. The van der Waals surface area contributed by atoms with Crippen LogP contribution in [0.5, 0.6) is 0 Å². The highest BCUT2D eigenvalue weighted by Gasteiger charge is 2.13. The van der Waals surface area contributed by atoms with Gasteiger partial charge < -0.3 is 4.74 Å². The number of rotatable bonds is 0. The van der Waals surface area contributed by atoms with E-state index in [0.29, 0.717) is 5.76 Å². The normalized spacial score (nSPS) is 21.0. The molecule has 2 aliphatic rings. The van der Waals surface area contributed by atoms with Gasteiger partial charge in [-0.05, 0) is 24.1 Å². The Morgan fingerprint density at radius 2 is 2.18 bits per heavy atom. The molecule has 1 aliphatic carbocycles. The van der Waals surface area contributed by atoms with Crippen molar-refractivity contribution in [2.45, 2.75) is 6.42 Å². The van der Waals surface area contributed by atoms with Gasteiger partial charge in [0.2, 0.25) is 0 Å². The number of hydrogen-bond donors (Lipinski definition) is 0. The number of fused-ring (bicyclic) bond motifs is 1. The Hall–Kier alpha value is -1.31. The molecule has 0 atom stereocenters. The summed E-state index contributed by atoms with van der Waals surface area (Å²) < 4.78 is 17.3. The van der Waals surface area contributed by atoms with Gasteiger partial charge in [0.25, 0.3) is 6.01 Å². The number of allylic oxidation sites excluding steroid dienone is 6. The molecule has 1 aliphatic heterocycles. The smallest absolute Gasteiger partial charge is 0.278 e. The zero-order valence-corrected chi connectivity index (χ0v) is 5.88. The maximum Gasteiger partial charge on any atom is 0.278 e. The summed E-state index contributed by atoms with van der Waals surface area (Å²) >= 11 is 0. The van der Waals surface area contributed by atoms with Crippen molar-refractivity contribution >= 4 is 0 Å². The van der Waals surface area contributed by atoms with E-state index in [4.69, 9.17) is 4.74 Å². The first-order valence-electron chi connectivity index (χ1n) is 3.48. The summed E-state index contributed by atoms with van der Waals surface area (Å²) in [4.78, 5) is 0. The lowest BCUT2D eigenvalue weighted by Gasteiger charge is -2.15. The van der Waals surface area contributed by atoms with Crippen molar-refractivity contribution in [3.63, 3.8) is 0 Å². The molecule has 56 valence electrons. The molecule has 0 saturated carbocycles. The summed E-state index contributed by atoms with van der Waals surface area (Å²) in [6.45, 7) is 0. The van der Waals surface area contributed by atoms with Crippen LogP contribution in [0.15, 0.2) is 47.7 Å². The van der Waals surface area contributed by atoms with Gasteiger partial charge in [0.15, 0.2) is 0 Å². The minimum atomic E-state index is -0.532. The maximum absolute atomic E-state index is 12.5. The third-order valence-corrected chi connectivity index (χ3v) is 1.66. The van der Waals surface area contributed by atoms with Crippen molar-refractivity contribution in [2.24, 2.45) is 0 Å². The first-order valence-corrected chi connectivity index (χ1v) is 3.48. The van der Waals surface area contributed by atoms with Crippen molar-refractivity contribution in [3.05, 3.63) is 47.7 Å². The molecule has 0 N–H and O–H groups in total. The highest BCUT2D eigenvalue weighted by molar-refractivity contribution is 5.40. The van der Waals surface area contributed by atoms with Crippen LogP contribution in [-0.4, -0.2) is 0 Å². The fourth-order valence-electron chi connectivity index (χ4n) is 1.11. The van der Waals surface area contributed by atoms with Crippen LogP contribution in [0.3, 0.4) is 0 Å². The average Bonchev–Trinajstić information content (AvgIpc) is 2.04. The fourth-order valence-corrected chi connectivity index (χ4v) is 1.11. The first kappa shape index (κ1) is 6.40. The second-order valence-corrected chi connectivity index (χ2v) is 2.43. The van der Waals surface area contributed by atoms with Gasteiger partial charge in [0, 0.05) is 6.08 Å². The van der Waals surface area contributed by atoms with E-state index in [1.165, 1.54) is 6.08 Å². The molecule has 2 heteroatoms. The van der Waals surface area contributed by atoms with E-state index in [-0.39, 0.29) is 0 Å². The third kappa shape index (κ3) is 1.11. The molecule has 0 aromatic heterocycles. The highest BCUT2D eigenvalue weighted by Crippen LogP contribution is 2.27. The van der Waals surface area contributed by atoms with Gasteiger partial charge in [-0.1, -0.05) is 12.2 Å². The van der Waals surface area contributed by atoms with E-state index < -0.39 is 6.01 Å². The van der Waals surface area contributed by atoms with Crippen molar-refractivity contribution in [1.82, 2.24) is 0 Å². The Morgan fingerprint density at radius 3 is 3.09 bits per heavy atom. The van der Waals surface area contributed by atoms with Gasteiger partial charge in [-0.25, -0.2) is 0 Å². The van der Waals surface area contributed by atoms with E-state index >= 15 is 0 Å². The molecule has 11 heavy (non-hydrogen) atoms. The van der Waals surface area contributed by atoms with E-state index in [9.17, 15) is 4.39 Å². The van der Waals surface area contributed by atoms with Gasteiger partial charge in [0.05, 0.1) is 0 Å². The molecule has 1 nitrogen and oxygen atoms in total. The molecular formula is C9H7FO. The van der Waals surface area contributed by atoms with Crippen LogP contribution >= 0.6 is 0 Å². The predicted octanol–water partition coefficient (Wildman–Crippen LogP) is 2.60. The molecule has 0 aromatic carbocycles. The molecule has 2 rings (SSSR count). The summed E-state index contributed by atoms with van der Waals surface area (Å²) in [6.07, 6.45) is 9.55. The van der Waals surface area contributed by atoms with Gasteiger partial charge in [-0.15, -0.1) is 0 Å². The summed E-state index contributed by atoms with van der Waals surface area (Å²) in [6, 6.07) is -0.532. The van der Waals surface area contributed by atoms with E-state index in [1.54, 1.807) is 12.2 Å². The number of ether oxygens (including phenoxy) is 1. The largest absolute Gasteiger partial charge is 0.431 e.